The highest BCUT2D eigenvalue weighted by Gasteiger charge is 2.36. The highest BCUT2D eigenvalue weighted by atomic mass is 16.6. The van der Waals surface area contributed by atoms with Gasteiger partial charge in [0.2, 0.25) is 0 Å². The fourth-order valence-corrected chi connectivity index (χ4v) is 2.12. The molecule has 1 aliphatic rings. The zero-order valence-corrected chi connectivity index (χ0v) is 10.6. The molecule has 6 heteroatoms. The van der Waals surface area contributed by atoms with E-state index in [1.807, 2.05) is 0 Å². The minimum Gasteiger partial charge on any atom is -0.376 e. The molecule has 6 nitrogen and oxygen atoms in total. The molecule has 0 bridgehead atoms. The van der Waals surface area contributed by atoms with E-state index >= 15 is 0 Å². The van der Waals surface area contributed by atoms with Crippen molar-refractivity contribution >= 4 is 11.5 Å². The van der Waals surface area contributed by atoms with Gasteiger partial charge in [-0.25, -0.2) is 4.98 Å². The average Bonchev–Trinajstić information content (AvgIpc) is 2.27. The van der Waals surface area contributed by atoms with Crippen LogP contribution in [-0.2, 0) is 4.74 Å². The molecule has 0 aliphatic heterocycles. The maximum Gasteiger partial charge on any atom is 0.290 e. The molecule has 1 aliphatic carbocycles. The van der Waals surface area contributed by atoms with Gasteiger partial charge < -0.3 is 10.1 Å². The molecule has 2 rings (SSSR count). The number of rotatable bonds is 5. The first kappa shape index (κ1) is 12.8. The molecule has 0 amide bonds. The fraction of sp³-hybridized carbons (Fsp3) is 0.583. The van der Waals surface area contributed by atoms with Gasteiger partial charge in [-0.15, -0.1) is 0 Å². The van der Waals surface area contributed by atoms with E-state index < -0.39 is 4.92 Å². The summed E-state index contributed by atoms with van der Waals surface area (Å²) in [7, 11) is 1.72. The Hall–Kier alpha value is -1.69. The zero-order valence-electron chi connectivity index (χ0n) is 10.6. The Bertz CT molecular complexity index is 452. The maximum atomic E-state index is 10.7. The summed E-state index contributed by atoms with van der Waals surface area (Å²) < 4.78 is 5.49. The normalized spacial score (nSPS) is 17.0. The van der Waals surface area contributed by atoms with Gasteiger partial charge in [0.05, 0.1) is 10.5 Å². The van der Waals surface area contributed by atoms with Crippen molar-refractivity contribution in [1.82, 2.24) is 4.98 Å². The van der Waals surface area contributed by atoms with Gasteiger partial charge in [0.25, 0.3) is 5.69 Å². The lowest BCUT2D eigenvalue weighted by molar-refractivity contribution is -0.385. The number of hydrogen-bond donors (Lipinski definition) is 1. The highest BCUT2D eigenvalue weighted by molar-refractivity contribution is 5.45. The van der Waals surface area contributed by atoms with E-state index in [4.69, 9.17) is 4.74 Å². The van der Waals surface area contributed by atoms with Gasteiger partial charge >= 0.3 is 0 Å². The van der Waals surface area contributed by atoms with Crippen LogP contribution in [0.2, 0.25) is 0 Å². The third-order valence-electron chi connectivity index (χ3n) is 3.54. The minimum atomic E-state index is -0.422. The molecule has 0 aromatic carbocycles. The first-order chi connectivity index (χ1) is 8.56. The number of nitro groups is 1. The predicted molar refractivity (Wildman–Crippen MR) is 67.7 cm³/mol. The second-order valence-corrected chi connectivity index (χ2v) is 4.65. The van der Waals surface area contributed by atoms with Crippen LogP contribution in [0.5, 0.6) is 0 Å². The van der Waals surface area contributed by atoms with Gasteiger partial charge in [-0.2, -0.15) is 0 Å². The number of methoxy groups -OCH3 is 1. The van der Waals surface area contributed by atoms with Crippen LogP contribution in [0.3, 0.4) is 0 Å². The van der Waals surface area contributed by atoms with Gasteiger partial charge in [0, 0.05) is 19.7 Å². The number of nitrogens with one attached hydrogen (secondary N) is 1. The average molecular weight is 251 g/mol. The van der Waals surface area contributed by atoms with Gasteiger partial charge in [0.15, 0.2) is 0 Å². The third kappa shape index (κ3) is 2.43. The summed E-state index contributed by atoms with van der Waals surface area (Å²) in [6.45, 7) is 2.33. The van der Waals surface area contributed by atoms with Crippen molar-refractivity contribution in [3.8, 4) is 0 Å². The highest BCUT2D eigenvalue weighted by Crippen LogP contribution is 2.35. The number of hydrogen-bond acceptors (Lipinski definition) is 5. The Labute approximate surface area is 106 Å². The quantitative estimate of drug-likeness (QED) is 0.641. The molecule has 0 radical (unpaired) electrons. The minimum absolute atomic E-state index is 0.0469. The van der Waals surface area contributed by atoms with E-state index in [-0.39, 0.29) is 11.3 Å². The molecule has 1 fully saturated rings. The number of aromatic nitrogens is 1. The molecule has 0 atom stereocenters. The Morgan fingerprint density at radius 2 is 2.28 bits per heavy atom. The van der Waals surface area contributed by atoms with E-state index in [0.29, 0.717) is 18.1 Å². The molecule has 0 unspecified atom stereocenters. The zero-order chi connectivity index (χ0) is 13.2. The summed E-state index contributed by atoms with van der Waals surface area (Å²) in [6.07, 6.45) is 3.27. The lowest BCUT2D eigenvalue weighted by Gasteiger charge is -2.40. The molecule has 18 heavy (non-hydrogen) atoms. The van der Waals surface area contributed by atoms with Crippen LogP contribution in [0, 0.1) is 17.0 Å². The van der Waals surface area contributed by atoms with E-state index in [2.05, 4.69) is 10.3 Å². The van der Waals surface area contributed by atoms with Crippen LogP contribution < -0.4 is 5.32 Å². The van der Waals surface area contributed by atoms with Crippen LogP contribution in [0.15, 0.2) is 12.1 Å². The van der Waals surface area contributed by atoms with Crippen LogP contribution in [0.1, 0.15) is 25.0 Å². The molecular formula is C12H17N3O3. The standard InChI is InChI=1S/C12H17N3O3/c1-9-10(15(16)17)4-5-11(14-9)13-8-12(18-2)6-3-7-12/h4-5H,3,6-8H2,1-2H3,(H,13,14). The van der Waals surface area contributed by atoms with Crippen molar-refractivity contribution in [3.05, 3.63) is 27.9 Å². The summed E-state index contributed by atoms with van der Waals surface area (Å²) >= 11 is 0. The molecule has 1 aromatic rings. The van der Waals surface area contributed by atoms with E-state index in [1.54, 1.807) is 20.1 Å². The van der Waals surface area contributed by atoms with Crippen molar-refractivity contribution < 1.29 is 9.66 Å². The van der Waals surface area contributed by atoms with Crippen molar-refractivity contribution in [2.24, 2.45) is 0 Å². The van der Waals surface area contributed by atoms with Gasteiger partial charge in [-0.05, 0) is 32.3 Å². The van der Waals surface area contributed by atoms with Crippen LogP contribution >= 0.6 is 0 Å². The number of nitrogens with zero attached hydrogens (tertiary/aromatic N) is 2. The van der Waals surface area contributed by atoms with E-state index in [9.17, 15) is 10.1 Å². The number of aryl methyl sites for hydroxylation is 1. The number of pyridine rings is 1. The topological polar surface area (TPSA) is 77.3 Å². The van der Waals surface area contributed by atoms with Gasteiger partial charge in [-0.1, -0.05) is 0 Å². The molecule has 1 N–H and O–H groups in total. The molecule has 0 saturated heterocycles. The molecule has 1 heterocycles. The smallest absolute Gasteiger partial charge is 0.290 e. The second kappa shape index (κ2) is 4.89. The fourth-order valence-electron chi connectivity index (χ4n) is 2.12. The van der Waals surface area contributed by atoms with Crippen LogP contribution in [0.25, 0.3) is 0 Å². The van der Waals surface area contributed by atoms with Crippen LogP contribution in [0.4, 0.5) is 11.5 Å². The van der Waals surface area contributed by atoms with E-state index in [1.165, 1.54) is 12.5 Å². The van der Waals surface area contributed by atoms with Crippen molar-refractivity contribution in [2.45, 2.75) is 31.8 Å². The number of anilines is 1. The molecule has 0 spiro atoms. The predicted octanol–water partition coefficient (Wildman–Crippen LogP) is 2.28. The Kier molecular flexibility index (Phi) is 3.47. The van der Waals surface area contributed by atoms with Crippen molar-refractivity contribution in [2.75, 3.05) is 19.0 Å². The molecule has 98 valence electrons. The largest absolute Gasteiger partial charge is 0.376 e. The summed E-state index contributed by atoms with van der Waals surface area (Å²) in [6, 6.07) is 3.11. The SMILES string of the molecule is COC1(CNc2ccc([N+](=O)[O-])c(C)n2)CCC1. The van der Waals surface area contributed by atoms with Crippen molar-refractivity contribution in [3.63, 3.8) is 0 Å². The first-order valence-electron chi connectivity index (χ1n) is 5.97. The Morgan fingerprint density at radius 3 is 2.72 bits per heavy atom. The summed E-state index contributed by atoms with van der Waals surface area (Å²) in [4.78, 5) is 14.4. The first-order valence-corrected chi connectivity index (χ1v) is 5.97. The number of ether oxygens (including phenoxy) is 1. The van der Waals surface area contributed by atoms with Gasteiger partial charge in [-0.3, -0.25) is 10.1 Å². The second-order valence-electron chi connectivity index (χ2n) is 4.65. The monoisotopic (exact) mass is 251 g/mol. The van der Waals surface area contributed by atoms with Gasteiger partial charge in [0.1, 0.15) is 11.5 Å². The maximum absolute atomic E-state index is 10.7. The lowest BCUT2D eigenvalue weighted by Crippen LogP contribution is -2.45. The summed E-state index contributed by atoms with van der Waals surface area (Å²) in [5.41, 5.74) is 0.382. The summed E-state index contributed by atoms with van der Waals surface area (Å²) in [5, 5.41) is 13.9. The molecule has 1 saturated carbocycles. The van der Waals surface area contributed by atoms with Crippen LogP contribution in [-0.4, -0.2) is 29.2 Å². The van der Waals surface area contributed by atoms with E-state index in [0.717, 1.165) is 12.8 Å². The third-order valence-corrected chi connectivity index (χ3v) is 3.54. The lowest BCUT2D eigenvalue weighted by atomic mass is 9.80. The Balaban J connectivity index is 2.02. The molecule has 1 aromatic heterocycles. The van der Waals surface area contributed by atoms with Crippen molar-refractivity contribution in [1.29, 1.82) is 0 Å². The Morgan fingerprint density at radius 1 is 1.56 bits per heavy atom. The summed E-state index contributed by atoms with van der Waals surface area (Å²) in [5.74, 6) is 0.654. The molecular weight excluding hydrogens is 234 g/mol.